The summed E-state index contributed by atoms with van der Waals surface area (Å²) in [6.45, 7) is 2.86. The smallest absolute Gasteiger partial charge is 0.263 e. The molecule has 1 heterocycles. The van der Waals surface area contributed by atoms with Gasteiger partial charge in [-0.3, -0.25) is 9.79 Å². The molecule has 96 valence electrons. The molecule has 0 radical (unpaired) electrons. The van der Waals surface area contributed by atoms with Gasteiger partial charge in [0.25, 0.3) is 5.91 Å². The number of hydrogen-bond donors (Lipinski definition) is 1. The van der Waals surface area contributed by atoms with Crippen LogP contribution in [0.3, 0.4) is 0 Å². The highest BCUT2D eigenvalue weighted by atomic mass is 32.2. The van der Waals surface area contributed by atoms with Crippen LogP contribution in [0.15, 0.2) is 29.3 Å². The minimum atomic E-state index is -0.158. The molecule has 1 aliphatic rings. The third-order valence-corrected chi connectivity index (χ3v) is 3.44. The van der Waals surface area contributed by atoms with Gasteiger partial charge in [-0.1, -0.05) is 36.9 Å². The predicted molar refractivity (Wildman–Crippen MR) is 74.2 cm³/mol. The number of amidine groups is 1. The highest BCUT2D eigenvalue weighted by Crippen LogP contribution is 2.18. The second-order valence-corrected chi connectivity index (χ2v) is 4.92. The molecule has 1 N–H and O–H groups in total. The number of para-hydroxylation sites is 1. The molecule has 0 aliphatic carbocycles. The van der Waals surface area contributed by atoms with Gasteiger partial charge >= 0.3 is 0 Å². The maximum Gasteiger partial charge on any atom is 0.263 e. The number of ether oxygens (including phenoxy) is 1. The fourth-order valence-electron chi connectivity index (χ4n) is 1.65. The molecule has 1 aliphatic heterocycles. The molecule has 1 aromatic rings. The Labute approximate surface area is 111 Å². The lowest BCUT2D eigenvalue weighted by molar-refractivity contribution is -0.121. The lowest BCUT2D eigenvalue weighted by Gasteiger charge is -2.10. The lowest BCUT2D eigenvalue weighted by Crippen LogP contribution is -2.32. The van der Waals surface area contributed by atoms with Crippen molar-refractivity contribution < 1.29 is 9.53 Å². The Bertz CT molecular complexity index is 460. The number of benzene rings is 1. The summed E-state index contributed by atoms with van der Waals surface area (Å²) in [5.41, 5.74) is 1.11. The molecule has 0 aromatic heterocycles. The predicted octanol–water partition coefficient (Wildman–Crippen LogP) is 1.85. The molecule has 0 bridgehead atoms. The SMILES string of the molecule is CCc1ccccc1OCC(=O)NC1=NCCS1. The van der Waals surface area contributed by atoms with Crippen molar-refractivity contribution in [2.24, 2.45) is 4.99 Å². The summed E-state index contributed by atoms with van der Waals surface area (Å²) < 4.78 is 5.52. The van der Waals surface area contributed by atoms with Crippen LogP contribution >= 0.6 is 11.8 Å². The molecule has 0 spiro atoms. The average Bonchev–Trinajstić information content (AvgIpc) is 2.89. The Hall–Kier alpha value is -1.49. The highest BCUT2D eigenvalue weighted by molar-refractivity contribution is 8.14. The second-order valence-electron chi connectivity index (χ2n) is 3.83. The van der Waals surface area contributed by atoms with E-state index in [-0.39, 0.29) is 12.5 Å². The Balaban J connectivity index is 1.85. The zero-order valence-corrected chi connectivity index (χ0v) is 11.1. The first-order chi connectivity index (χ1) is 8.79. The first kappa shape index (κ1) is 13.0. The van der Waals surface area contributed by atoms with Gasteiger partial charge in [0.15, 0.2) is 11.8 Å². The average molecular weight is 264 g/mol. The fraction of sp³-hybridized carbons (Fsp3) is 0.385. The van der Waals surface area contributed by atoms with Gasteiger partial charge in [0.05, 0.1) is 6.54 Å². The molecule has 18 heavy (non-hydrogen) atoms. The number of nitrogens with zero attached hydrogens (tertiary/aromatic N) is 1. The maximum atomic E-state index is 11.6. The summed E-state index contributed by atoms with van der Waals surface area (Å²) >= 11 is 1.56. The fourth-order valence-corrected chi connectivity index (χ4v) is 2.39. The summed E-state index contributed by atoms with van der Waals surface area (Å²) in [6.07, 6.45) is 0.889. The van der Waals surface area contributed by atoms with Crippen LogP contribution in [0.25, 0.3) is 0 Å². The van der Waals surface area contributed by atoms with Crippen molar-refractivity contribution in [2.75, 3.05) is 18.9 Å². The van der Waals surface area contributed by atoms with E-state index in [9.17, 15) is 4.79 Å². The number of hydrogen-bond acceptors (Lipinski definition) is 4. The Morgan fingerprint density at radius 2 is 2.33 bits per heavy atom. The van der Waals surface area contributed by atoms with Gasteiger partial charge in [0, 0.05) is 5.75 Å². The number of aryl methyl sites for hydroxylation is 1. The minimum Gasteiger partial charge on any atom is -0.483 e. The molecule has 0 saturated carbocycles. The molecule has 0 atom stereocenters. The van der Waals surface area contributed by atoms with E-state index in [1.165, 1.54) is 0 Å². The molecule has 0 unspecified atom stereocenters. The van der Waals surface area contributed by atoms with Crippen molar-refractivity contribution in [3.8, 4) is 5.75 Å². The van der Waals surface area contributed by atoms with Gasteiger partial charge in [0.2, 0.25) is 0 Å². The number of thioether (sulfide) groups is 1. The molecular formula is C13H16N2O2S. The number of carbonyl (C=O) groups excluding carboxylic acids is 1. The second kappa shape index (κ2) is 6.44. The topological polar surface area (TPSA) is 50.7 Å². The van der Waals surface area contributed by atoms with E-state index in [0.717, 1.165) is 30.0 Å². The number of carbonyl (C=O) groups is 1. The lowest BCUT2D eigenvalue weighted by atomic mass is 10.1. The maximum absolute atomic E-state index is 11.6. The number of nitrogens with one attached hydrogen (secondary N) is 1. The third-order valence-electron chi connectivity index (χ3n) is 2.54. The number of rotatable bonds is 4. The van der Waals surface area contributed by atoms with Crippen LogP contribution in [0.1, 0.15) is 12.5 Å². The normalized spacial score (nSPS) is 14.2. The molecule has 0 fully saturated rings. The molecule has 1 aromatic carbocycles. The summed E-state index contributed by atoms with van der Waals surface area (Å²) in [6, 6.07) is 7.76. The summed E-state index contributed by atoms with van der Waals surface area (Å²) in [7, 11) is 0. The van der Waals surface area contributed by atoms with Gasteiger partial charge in [-0.05, 0) is 18.1 Å². The van der Waals surface area contributed by atoms with E-state index >= 15 is 0 Å². The van der Waals surface area contributed by atoms with Crippen LogP contribution in [0.2, 0.25) is 0 Å². The summed E-state index contributed by atoms with van der Waals surface area (Å²) in [4.78, 5) is 15.8. The summed E-state index contributed by atoms with van der Waals surface area (Å²) in [5, 5.41) is 3.44. The monoisotopic (exact) mass is 264 g/mol. The molecule has 5 heteroatoms. The summed E-state index contributed by atoms with van der Waals surface area (Å²) in [5.74, 6) is 1.56. The van der Waals surface area contributed by atoms with Crippen molar-refractivity contribution in [1.82, 2.24) is 5.32 Å². The van der Waals surface area contributed by atoms with E-state index in [1.807, 2.05) is 24.3 Å². The van der Waals surface area contributed by atoms with Gasteiger partial charge in [-0.25, -0.2) is 0 Å². The number of amides is 1. The van der Waals surface area contributed by atoms with Crippen molar-refractivity contribution in [2.45, 2.75) is 13.3 Å². The van der Waals surface area contributed by atoms with Crippen LogP contribution in [-0.4, -0.2) is 30.0 Å². The zero-order valence-electron chi connectivity index (χ0n) is 10.3. The Morgan fingerprint density at radius 1 is 1.50 bits per heavy atom. The van der Waals surface area contributed by atoms with Crippen molar-refractivity contribution in [1.29, 1.82) is 0 Å². The van der Waals surface area contributed by atoms with Crippen molar-refractivity contribution in [3.63, 3.8) is 0 Å². The first-order valence-electron chi connectivity index (χ1n) is 5.97. The van der Waals surface area contributed by atoms with Crippen LogP contribution in [0.5, 0.6) is 5.75 Å². The van der Waals surface area contributed by atoms with Gasteiger partial charge in [-0.15, -0.1) is 0 Å². The molecule has 0 saturated heterocycles. The van der Waals surface area contributed by atoms with E-state index in [1.54, 1.807) is 11.8 Å². The highest BCUT2D eigenvalue weighted by Gasteiger charge is 2.11. The third kappa shape index (κ3) is 3.50. The van der Waals surface area contributed by atoms with Crippen LogP contribution in [0, 0.1) is 0 Å². The van der Waals surface area contributed by atoms with Crippen molar-refractivity contribution >= 4 is 22.8 Å². The molecular weight excluding hydrogens is 248 g/mol. The quantitative estimate of drug-likeness (QED) is 0.903. The van der Waals surface area contributed by atoms with Crippen LogP contribution < -0.4 is 10.1 Å². The standard InChI is InChI=1S/C13H16N2O2S/c1-2-10-5-3-4-6-11(10)17-9-12(16)15-13-14-7-8-18-13/h3-6H,2,7-9H2,1H3,(H,14,15,16). The molecule has 4 nitrogen and oxygen atoms in total. The Morgan fingerprint density at radius 3 is 3.06 bits per heavy atom. The number of aliphatic imine (C=N–C) groups is 1. The van der Waals surface area contributed by atoms with E-state index in [0.29, 0.717) is 5.17 Å². The van der Waals surface area contributed by atoms with Crippen molar-refractivity contribution in [3.05, 3.63) is 29.8 Å². The van der Waals surface area contributed by atoms with Gasteiger partial charge < -0.3 is 10.1 Å². The van der Waals surface area contributed by atoms with E-state index < -0.39 is 0 Å². The van der Waals surface area contributed by atoms with E-state index in [2.05, 4.69) is 17.2 Å². The zero-order chi connectivity index (χ0) is 12.8. The minimum absolute atomic E-state index is 0.0244. The molecule has 1 amide bonds. The van der Waals surface area contributed by atoms with Gasteiger partial charge in [0.1, 0.15) is 5.75 Å². The van der Waals surface area contributed by atoms with Gasteiger partial charge in [-0.2, -0.15) is 0 Å². The first-order valence-corrected chi connectivity index (χ1v) is 6.96. The molecule has 2 rings (SSSR count). The van der Waals surface area contributed by atoms with Crippen LogP contribution in [-0.2, 0) is 11.2 Å². The van der Waals surface area contributed by atoms with Crippen LogP contribution in [0.4, 0.5) is 0 Å². The Kier molecular flexibility index (Phi) is 4.64. The van der Waals surface area contributed by atoms with E-state index in [4.69, 9.17) is 4.74 Å². The largest absolute Gasteiger partial charge is 0.483 e.